The quantitative estimate of drug-likeness (QED) is 0.869. The molecule has 0 bridgehead atoms. The van der Waals surface area contributed by atoms with Crippen molar-refractivity contribution in [2.45, 2.75) is 24.2 Å². The Kier molecular flexibility index (Phi) is 3.77. The van der Waals surface area contributed by atoms with Crippen molar-refractivity contribution in [2.24, 2.45) is 0 Å². The van der Waals surface area contributed by atoms with E-state index in [0.29, 0.717) is 11.7 Å². The van der Waals surface area contributed by atoms with Gasteiger partial charge < -0.3 is 9.64 Å². The molecule has 2 saturated heterocycles. The average molecular weight is 328 g/mol. The van der Waals surface area contributed by atoms with Crippen molar-refractivity contribution in [1.29, 1.82) is 0 Å². The summed E-state index contributed by atoms with van der Waals surface area (Å²) in [6, 6.07) is 9.84. The van der Waals surface area contributed by atoms with Crippen LogP contribution in [0.5, 0.6) is 0 Å². The monoisotopic (exact) mass is 328 g/mol. The third kappa shape index (κ3) is 2.72. The van der Waals surface area contributed by atoms with E-state index in [1.807, 2.05) is 53.9 Å². The van der Waals surface area contributed by atoms with E-state index in [1.165, 1.54) is 0 Å². The fourth-order valence-electron chi connectivity index (χ4n) is 3.53. The number of likely N-dealkylation sites (tertiary alicyclic amines) is 1. The number of carbonyl (C=O) groups is 1. The number of rotatable bonds is 3. The van der Waals surface area contributed by atoms with E-state index in [-0.39, 0.29) is 10.7 Å². The molecule has 4 rings (SSSR count). The highest BCUT2D eigenvalue weighted by Gasteiger charge is 2.50. The number of pyridine rings is 1. The predicted molar refractivity (Wildman–Crippen MR) is 92.9 cm³/mol. The Labute approximate surface area is 140 Å². The lowest BCUT2D eigenvalue weighted by Gasteiger charge is -2.47. The summed E-state index contributed by atoms with van der Waals surface area (Å²) in [7, 11) is 0. The van der Waals surface area contributed by atoms with Crippen molar-refractivity contribution in [2.75, 3.05) is 25.4 Å². The van der Waals surface area contributed by atoms with Crippen LogP contribution in [0.1, 0.15) is 23.7 Å². The highest BCUT2D eigenvalue weighted by atomic mass is 32.2. The molecular formula is C18H20N2O2S. The van der Waals surface area contributed by atoms with Crippen LogP contribution in [0.15, 0.2) is 36.5 Å². The SMILES string of the molecule is CCO[C@@H]1CSC2(C1)CN(C(=O)c1cnc3ccccc3c1)C2. The van der Waals surface area contributed by atoms with Gasteiger partial charge in [0.15, 0.2) is 0 Å². The fourth-order valence-corrected chi connectivity index (χ4v) is 5.08. The van der Waals surface area contributed by atoms with Crippen molar-refractivity contribution in [3.8, 4) is 0 Å². The third-order valence-electron chi connectivity index (χ3n) is 4.66. The number of hydrogen-bond donors (Lipinski definition) is 0. The lowest BCUT2D eigenvalue weighted by atomic mass is 9.92. The van der Waals surface area contributed by atoms with Gasteiger partial charge in [-0.2, -0.15) is 0 Å². The third-order valence-corrected chi connectivity index (χ3v) is 6.24. The molecule has 1 aromatic heterocycles. The van der Waals surface area contributed by atoms with Crippen LogP contribution in [0.25, 0.3) is 10.9 Å². The fraction of sp³-hybridized carbons (Fsp3) is 0.444. The van der Waals surface area contributed by atoms with Crippen LogP contribution in [0.4, 0.5) is 0 Å². The number of fused-ring (bicyclic) bond motifs is 1. The molecule has 2 aromatic rings. The number of aromatic nitrogens is 1. The molecule has 0 radical (unpaired) electrons. The van der Waals surface area contributed by atoms with Crippen LogP contribution in [0.3, 0.4) is 0 Å². The summed E-state index contributed by atoms with van der Waals surface area (Å²) in [5.74, 6) is 1.14. The predicted octanol–water partition coefficient (Wildman–Crippen LogP) is 2.97. The molecule has 23 heavy (non-hydrogen) atoms. The molecule has 4 nitrogen and oxygen atoms in total. The topological polar surface area (TPSA) is 42.4 Å². The van der Waals surface area contributed by atoms with Gasteiger partial charge in [0.05, 0.1) is 21.9 Å². The van der Waals surface area contributed by atoms with E-state index in [1.54, 1.807) is 6.20 Å². The number of para-hydroxylation sites is 1. The maximum atomic E-state index is 12.7. The van der Waals surface area contributed by atoms with Crippen LogP contribution in [-0.2, 0) is 4.74 Å². The molecule has 1 aromatic carbocycles. The molecule has 2 aliphatic rings. The van der Waals surface area contributed by atoms with Gasteiger partial charge in [-0.25, -0.2) is 0 Å². The average Bonchev–Trinajstić information content (AvgIpc) is 2.97. The Hall–Kier alpha value is -1.59. The maximum Gasteiger partial charge on any atom is 0.255 e. The smallest absolute Gasteiger partial charge is 0.255 e. The molecule has 0 saturated carbocycles. The van der Waals surface area contributed by atoms with E-state index < -0.39 is 0 Å². The zero-order valence-corrected chi connectivity index (χ0v) is 14.0. The molecule has 1 amide bonds. The van der Waals surface area contributed by atoms with Crippen molar-refractivity contribution in [3.05, 3.63) is 42.1 Å². The first-order valence-electron chi connectivity index (χ1n) is 8.09. The number of nitrogens with zero attached hydrogens (tertiary/aromatic N) is 2. The van der Waals surface area contributed by atoms with Crippen molar-refractivity contribution in [3.63, 3.8) is 0 Å². The second-order valence-corrected chi connectivity index (χ2v) is 7.84. The normalized spacial score (nSPS) is 22.5. The molecular weight excluding hydrogens is 308 g/mol. The lowest BCUT2D eigenvalue weighted by molar-refractivity contribution is 0.0359. The molecule has 2 fully saturated rings. The molecule has 1 atom stereocenters. The number of benzene rings is 1. The molecule has 3 heterocycles. The summed E-state index contributed by atoms with van der Waals surface area (Å²) in [4.78, 5) is 19.0. The number of ether oxygens (including phenoxy) is 1. The molecule has 120 valence electrons. The number of carbonyl (C=O) groups excluding carboxylic acids is 1. The Balaban J connectivity index is 1.44. The Bertz CT molecular complexity index is 743. The van der Waals surface area contributed by atoms with Crippen LogP contribution in [-0.4, -0.2) is 52.1 Å². The van der Waals surface area contributed by atoms with Gasteiger partial charge in [-0.15, -0.1) is 11.8 Å². The van der Waals surface area contributed by atoms with Gasteiger partial charge in [0.25, 0.3) is 5.91 Å². The summed E-state index contributed by atoms with van der Waals surface area (Å²) < 4.78 is 5.95. The van der Waals surface area contributed by atoms with Crippen molar-refractivity contribution < 1.29 is 9.53 Å². The zero-order valence-electron chi connectivity index (χ0n) is 13.2. The second-order valence-electron chi connectivity index (χ2n) is 6.35. The molecule has 5 heteroatoms. The molecule has 0 N–H and O–H groups in total. The number of hydrogen-bond acceptors (Lipinski definition) is 4. The highest BCUT2D eigenvalue weighted by Crippen LogP contribution is 2.46. The van der Waals surface area contributed by atoms with E-state index in [9.17, 15) is 4.79 Å². The lowest BCUT2D eigenvalue weighted by Crippen LogP contribution is -2.60. The van der Waals surface area contributed by atoms with Crippen LogP contribution >= 0.6 is 11.8 Å². The van der Waals surface area contributed by atoms with E-state index in [4.69, 9.17) is 4.74 Å². The van der Waals surface area contributed by atoms with Crippen LogP contribution < -0.4 is 0 Å². The summed E-state index contributed by atoms with van der Waals surface area (Å²) in [5, 5.41) is 1.01. The summed E-state index contributed by atoms with van der Waals surface area (Å²) in [6.07, 6.45) is 3.11. The highest BCUT2D eigenvalue weighted by molar-refractivity contribution is 8.01. The second kappa shape index (κ2) is 5.80. The van der Waals surface area contributed by atoms with Gasteiger partial charge in [0.2, 0.25) is 0 Å². The number of thioether (sulfide) groups is 1. The standard InChI is InChI=1S/C18H20N2O2S/c1-2-22-15-8-18(23-10-15)11-20(12-18)17(21)14-7-13-5-3-4-6-16(13)19-9-14/h3-7,9,15H,2,8,10-12H2,1H3/t15-/m0/s1. The minimum Gasteiger partial charge on any atom is -0.378 e. The Morgan fingerprint density at radius 3 is 3.09 bits per heavy atom. The van der Waals surface area contributed by atoms with E-state index >= 15 is 0 Å². The van der Waals surface area contributed by atoms with Crippen LogP contribution in [0, 0.1) is 0 Å². The van der Waals surface area contributed by atoms with Crippen LogP contribution in [0.2, 0.25) is 0 Å². The largest absolute Gasteiger partial charge is 0.378 e. The number of amides is 1. The first-order chi connectivity index (χ1) is 11.2. The van der Waals surface area contributed by atoms with Gasteiger partial charge in [-0.3, -0.25) is 9.78 Å². The van der Waals surface area contributed by atoms with Gasteiger partial charge in [0, 0.05) is 37.0 Å². The summed E-state index contributed by atoms with van der Waals surface area (Å²) >= 11 is 1.96. The minimum atomic E-state index is 0.0920. The zero-order chi connectivity index (χ0) is 15.9. The van der Waals surface area contributed by atoms with Gasteiger partial charge in [-0.1, -0.05) is 18.2 Å². The molecule has 0 unspecified atom stereocenters. The summed E-state index contributed by atoms with van der Waals surface area (Å²) in [6.45, 7) is 4.46. The van der Waals surface area contributed by atoms with Crippen molar-refractivity contribution >= 4 is 28.6 Å². The van der Waals surface area contributed by atoms with E-state index in [0.717, 1.165) is 42.8 Å². The maximum absolute atomic E-state index is 12.7. The Morgan fingerprint density at radius 1 is 1.43 bits per heavy atom. The van der Waals surface area contributed by atoms with Gasteiger partial charge >= 0.3 is 0 Å². The van der Waals surface area contributed by atoms with Gasteiger partial charge in [0.1, 0.15) is 0 Å². The van der Waals surface area contributed by atoms with Crippen molar-refractivity contribution in [1.82, 2.24) is 9.88 Å². The Morgan fingerprint density at radius 2 is 2.26 bits per heavy atom. The molecule has 0 aliphatic carbocycles. The first-order valence-corrected chi connectivity index (χ1v) is 9.07. The summed E-state index contributed by atoms with van der Waals surface area (Å²) in [5.41, 5.74) is 1.61. The minimum absolute atomic E-state index is 0.0920. The molecule has 2 aliphatic heterocycles. The molecule has 1 spiro atoms. The van der Waals surface area contributed by atoms with E-state index in [2.05, 4.69) is 4.98 Å². The first kappa shape index (κ1) is 15.0. The van der Waals surface area contributed by atoms with Gasteiger partial charge in [-0.05, 0) is 25.5 Å².